The SMILES string of the molecule is O=C(CNC(=O)c1cccc(Br)c1)N/N=C/c1ccccc1OCc1ccc(Cl)cc1. The molecule has 0 radical (unpaired) electrons. The molecule has 0 bridgehead atoms. The summed E-state index contributed by atoms with van der Waals surface area (Å²) in [7, 11) is 0. The molecule has 6 nitrogen and oxygen atoms in total. The topological polar surface area (TPSA) is 79.8 Å². The summed E-state index contributed by atoms with van der Waals surface area (Å²) < 4.78 is 6.63. The Morgan fingerprint density at radius 3 is 2.58 bits per heavy atom. The third kappa shape index (κ3) is 7.24. The average Bonchev–Trinajstić information content (AvgIpc) is 2.78. The molecule has 0 aliphatic heterocycles. The minimum atomic E-state index is -0.445. The van der Waals surface area contributed by atoms with E-state index in [2.05, 4.69) is 31.8 Å². The van der Waals surface area contributed by atoms with Gasteiger partial charge in [0.25, 0.3) is 11.8 Å². The summed E-state index contributed by atoms with van der Waals surface area (Å²) in [6, 6.07) is 21.6. The van der Waals surface area contributed by atoms with Crippen molar-refractivity contribution in [2.24, 2.45) is 5.10 Å². The van der Waals surface area contributed by atoms with E-state index in [0.29, 0.717) is 28.5 Å². The Balaban J connectivity index is 1.50. The van der Waals surface area contributed by atoms with Crippen LogP contribution in [0, 0.1) is 0 Å². The maximum atomic E-state index is 12.1. The summed E-state index contributed by atoms with van der Waals surface area (Å²) in [6.07, 6.45) is 1.49. The molecule has 8 heteroatoms. The van der Waals surface area contributed by atoms with Crippen LogP contribution in [-0.2, 0) is 11.4 Å². The third-order valence-electron chi connectivity index (χ3n) is 4.12. The van der Waals surface area contributed by atoms with Crippen LogP contribution in [0.25, 0.3) is 0 Å². The van der Waals surface area contributed by atoms with E-state index < -0.39 is 5.91 Å². The highest BCUT2D eigenvalue weighted by Crippen LogP contribution is 2.18. The van der Waals surface area contributed by atoms with Crippen LogP contribution in [0.4, 0.5) is 0 Å². The molecule has 3 aromatic carbocycles. The second kappa shape index (κ2) is 11.3. The standard InChI is InChI=1S/C23H19BrClN3O3/c24-19-6-3-5-17(12-19)23(30)26-14-22(29)28-27-13-18-4-1-2-7-21(18)31-15-16-8-10-20(25)11-9-16/h1-13H,14-15H2,(H,26,30)(H,28,29)/b27-13+. The summed E-state index contributed by atoms with van der Waals surface area (Å²) in [6.45, 7) is 0.174. The molecule has 0 aromatic heterocycles. The number of nitrogens with zero attached hydrogens (tertiary/aromatic N) is 1. The highest BCUT2D eigenvalue weighted by Gasteiger charge is 2.08. The maximum Gasteiger partial charge on any atom is 0.259 e. The van der Waals surface area contributed by atoms with E-state index in [1.54, 1.807) is 30.3 Å². The van der Waals surface area contributed by atoms with E-state index >= 15 is 0 Å². The van der Waals surface area contributed by atoms with Crippen molar-refractivity contribution in [2.45, 2.75) is 6.61 Å². The lowest BCUT2D eigenvalue weighted by molar-refractivity contribution is -0.120. The van der Waals surface area contributed by atoms with E-state index in [4.69, 9.17) is 16.3 Å². The van der Waals surface area contributed by atoms with Gasteiger partial charge in [0, 0.05) is 20.6 Å². The van der Waals surface area contributed by atoms with Crippen molar-refractivity contribution in [1.29, 1.82) is 0 Å². The molecule has 0 heterocycles. The van der Waals surface area contributed by atoms with E-state index in [-0.39, 0.29) is 12.5 Å². The molecule has 2 amide bonds. The molecular formula is C23H19BrClN3O3. The fourth-order valence-corrected chi connectivity index (χ4v) is 3.09. The number of benzene rings is 3. The van der Waals surface area contributed by atoms with Crippen molar-refractivity contribution in [3.8, 4) is 5.75 Å². The van der Waals surface area contributed by atoms with Gasteiger partial charge in [-0.3, -0.25) is 9.59 Å². The molecule has 0 aliphatic carbocycles. The van der Waals surface area contributed by atoms with Gasteiger partial charge in [-0.2, -0.15) is 5.10 Å². The lowest BCUT2D eigenvalue weighted by Crippen LogP contribution is -2.34. The minimum absolute atomic E-state index is 0.197. The zero-order valence-corrected chi connectivity index (χ0v) is 18.7. The van der Waals surface area contributed by atoms with Crippen molar-refractivity contribution in [1.82, 2.24) is 10.7 Å². The zero-order valence-electron chi connectivity index (χ0n) is 16.3. The molecule has 0 spiro atoms. The number of hydrogen-bond acceptors (Lipinski definition) is 4. The molecule has 3 rings (SSSR count). The normalized spacial score (nSPS) is 10.6. The lowest BCUT2D eigenvalue weighted by atomic mass is 10.2. The highest BCUT2D eigenvalue weighted by molar-refractivity contribution is 9.10. The van der Waals surface area contributed by atoms with Crippen LogP contribution >= 0.6 is 27.5 Å². The molecule has 158 valence electrons. The average molecular weight is 501 g/mol. The lowest BCUT2D eigenvalue weighted by Gasteiger charge is -2.09. The first-order valence-electron chi connectivity index (χ1n) is 9.33. The van der Waals surface area contributed by atoms with E-state index in [1.165, 1.54) is 6.21 Å². The van der Waals surface area contributed by atoms with E-state index in [0.717, 1.165) is 10.0 Å². The van der Waals surface area contributed by atoms with Crippen LogP contribution in [-0.4, -0.2) is 24.6 Å². The number of amides is 2. The zero-order chi connectivity index (χ0) is 22.1. The van der Waals surface area contributed by atoms with Gasteiger partial charge in [0.05, 0.1) is 12.8 Å². The predicted molar refractivity (Wildman–Crippen MR) is 124 cm³/mol. The van der Waals surface area contributed by atoms with Gasteiger partial charge in [-0.15, -0.1) is 0 Å². The summed E-state index contributed by atoms with van der Waals surface area (Å²) in [4.78, 5) is 24.0. The number of hydrogen-bond donors (Lipinski definition) is 2. The largest absolute Gasteiger partial charge is 0.488 e. The summed E-state index contributed by atoms with van der Waals surface area (Å²) in [5, 5.41) is 7.17. The molecule has 0 saturated carbocycles. The van der Waals surface area contributed by atoms with E-state index in [1.807, 2.05) is 42.5 Å². The smallest absolute Gasteiger partial charge is 0.259 e. The fourth-order valence-electron chi connectivity index (χ4n) is 2.57. The second-order valence-electron chi connectivity index (χ2n) is 6.44. The van der Waals surface area contributed by atoms with Crippen molar-refractivity contribution in [3.05, 3.63) is 99.0 Å². The third-order valence-corrected chi connectivity index (χ3v) is 4.86. The van der Waals surface area contributed by atoms with Crippen LogP contribution in [0.15, 0.2) is 82.4 Å². The Morgan fingerprint density at radius 2 is 1.81 bits per heavy atom. The predicted octanol–water partition coefficient (Wildman–Crippen LogP) is 4.56. The van der Waals surface area contributed by atoms with Crippen LogP contribution in [0.5, 0.6) is 5.75 Å². The molecule has 0 saturated heterocycles. The molecule has 3 aromatic rings. The molecule has 0 aliphatic rings. The van der Waals surface area contributed by atoms with Gasteiger partial charge in [-0.25, -0.2) is 5.43 Å². The molecule has 0 atom stereocenters. The molecule has 2 N–H and O–H groups in total. The first-order chi connectivity index (χ1) is 15.0. The molecule has 0 fully saturated rings. The van der Waals surface area contributed by atoms with Gasteiger partial charge in [0.2, 0.25) is 0 Å². The van der Waals surface area contributed by atoms with Crippen LogP contribution in [0.3, 0.4) is 0 Å². The van der Waals surface area contributed by atoms with Crippen molar-refractivity contribution in [3.63, 3.8) is 0 Å². The number of ether oxygens (including phenoxy) is 1. The van der Waals surface area contributed by atoms with Gasteiger partial charge in [-0.05, 0) is 48.0 Å². The number of nitrogens with one attached hydrogen (secondary N) is 2. The Labute approximate surface area is 193 Å². The van der Waals surface area contributed by atoms with Gasteiger partial charge in [0.1, 0.15) is 12.4 Å². The quantitative estimate of drug-likeness (QED) is 0.351. The van der Waals surface area contributed by atoms with E-state index in [9.17, 15) is 9.59 Å². The second-order valence-corrected chi connectivity index (χ2v) is 7.79. The van der Waals surface area contributed by atoms with Gasteiger partial charge < -0.3 is 10.1 Å². The summed E-state index contributed by atoms with van der Waals surface area (Å²) in [5.74, 6) is -0.168. The van der Waals surface area contributed by atoms with Crippen LogP contribution in [0.2, 0.25) is 5.02 Å². The Hall–Kier alpha value is -3.16. The fraction of sp³-hybridized carbons (Fsp3) is 0.0870. The monoisotopic (exact) mass is 499 g/mol. The van der Waals surface area contributed by atoms with Gasteiger partial charge >= 0.3 is 0 Å². The first kappa shape index (κ1) is 22.5. The summed E-state index contributed by atoms with van der Waals surface area (Å²) in [5.41, 5.74) is 4.53. The van der Waals surface area contributed by atoms with Crippen molar-refractivity contribution < 1.29 is 14.3 Å². The van der Waals surface area contributed by atoms with Crippen molar-refractivity contribution >= 4 is 45.6 Å². The Morgan fingerprint density at radius 1 is 1.03 bits per heavy atom. The molecule has 0 unspecified atom stereocenters. The first-order valence-corrected chi connectivity index (χ1v) is 10.5. The molecule has 31 heavy (non-hydrogen) atoms. The van der Waals surface area contributed by atoms with Gasteiger partial charge in [-0.1, -0.05) is 57.9 Å². The van der Waals surface area contributed by atoms with Gasteiger partial charge in [0.15, 0.2) is 0 Å². The Bertz CT molecular complexity index is 1090. The Kier molecular flexibility index (Phi) is 8.20. The number of para-hydroxylation sites is 1. The van der Waals surface area contributed by atoms with Crippen LogP contribution in [0.1, 0.15) is 21.5 Å². The molecular weight excluding hydrogens is 482 g/mol. The summed E-state index contributed by atoms with van der Waals surface area (Å²) >= 11 is 9.20. The highest BCUT2D eigenvalue weighted by atomic mass is 79.9. The number of rotatable bonds is 8. The van der Waals surface area contributed by atoms with Crippen LogP contribution < -0.4 is 15.5 Å². The van der Waals surface area contributed by atoms with Crippen molar-refractivity contribution in [2.75, 3.05) is 6.54 Å². The maximum absolute atomic E-state index is 12.1. The number of hydrazone groups is 1. The minimum Gasteiger partial charge on any atom is -0.488 e. The number of carbonyl (C=O) groups is 2. The number of halogens is 2. The number of carbonyl (C=O) groups excluding carboxylic acids is 2.